The van der Waals surface area contributed by atoms with Gasteiger partial charge in [-0.05, 0) is 49.1 Å². The maximum atomic E-state index is 14.4. The van der Waals surface area contributed by atoms with Crippen molar-refractivity contribution >= 4 is 39.3 Å². The number of phenolic OH excluding ortho intramolecular Hbond substituents is 1. The van der Waals surface area contributed by atoms with Gasteiger partial charge in [-0.25, -0.2) is 0 Å². The number of nitrogens with zero attached hydrogens (tertiary/aromatic N) is 3. The molecule has 1 saturated carbocycles. The monoisotopic (exact) mass is 692 g/mol. The Kier molecular flexibility index (Phi) is 8.05. The molecule has 4 aliphatic rings. The molecule has 0 bridgehead atoms. The summed E-state index contributed by atoms with van der Waals surface area (Å²) in [6.45, 7) is -1.58. The molecule has 2 fully saturated rings. The molecule has 9 atom stereocenters. The van der Waals surface area contributed by atoms with Crippen LogP contribution in [0.1, 0.15) is 75.2 Å². The predicted octanol–water partition coefficient (Wildman–Crippen LogP) is 0.0435. The van der Waals surface area contributed by atoms with E-state index in [2.05, 4.69) is 10.3 Å². The minimum Gasteiger partial charge on any atom is -0.508 e. The van der Waals surface area contributed by atoms with Crippen molar-refractivity contribution in [2.75, 3.05) is 18.5 Å². The number of aromatic nitrogens is 2. The second-order valence-electron chi connectivity index (χ2n) is 13.3. The number of ether oxygens (including phenoxy) is 1. The summed E-state index contributed by atoms with van der Waals surface area (Å²) in [6, 6.07) is 8.68. The Hall–Kier alpha value is -4.23. The smallest absolute Gasteiger partial charge is 0.286 e. The number of carbonyl (C=O) groups excluding carboxylic acids is 2. The van der Waals surface area contributed by atoms with Crippen LogP contribution in [0.4, 0.5) is 5.69 Å². The molecule has 2 aromatic carbocycles. The predicted molar refractivity (Wildman–Crippen MR) is 172 cm³/mol. The summed E-state index contributed by atoms with van der Waals surface area (Å²) in [6.07, 6.45) is -8.38. The van der Waals surface area contributed by atoms with E-state index in [1.54, 1.807) is 18.2 Å². The molecule has 264 valence electrons. The van der Waals surface area contributed by atoms with E-state index in [1.807, 2.05) is 0 Å². The van der Waals surface area contributed by atoms with Gasteiger partial charge < -0.3 is 55.5 Å². The first-order valence-electron chi connectivity index (χ1n) is 16.4. The van der Waals surface area contributed by atoms with Crippen molar-refractivity contribution < 1.29 is 60.0 Å². The third-order valence-corrected chi connectivity index (χ3v) is 10.4. The zero-order valence-electron chi connectivity index (χ0n) is 26.5. The average molecular weight is 693 g/mol. The lowest BCUT2D eigenvalue weighted by Crippen LogP contribution is -2.56. The van der Waals surface area contributed by atoms with Gasteiger partial charge in [0.05, 0.1) is 58.6 Å². The number of carbonyl (C=O) groups is 2. The SMILES string of the molecule is O=C1c2c3c(c4c(c2C(=O)N1OCc1cccc(C(O)CO)n1)c1ccc(O)cc1n4C1OC(CO)C(O)C(O)C1O)NC1CC(O)CC[C@H]31. The molecule has 1 saturated heterocycles. The van der Waals surface area contributed by atoms with Crippen LogP contribution in [-0.4, -0.2) is 117 Å². The largest absolute Gasteiger partial charge is 0.508 e. The molecule has 16 heteroatoms. The number of hydrogen-bond donors (Lipinski definition) is 9. The van der Waals surface area contributed by atoms with Gasteiger partial charge in [-0.15, -0.1) is 5.06 Å². The normalized spacial score (nSPS) is 29.7. The molecule has 9 N–H and O–H groups in total. The number of nitrogens with one attached hydrogen (secondary N) is 1. The highest BCUT2D eigenvalue weighted by Gasteiger charge is 2.51. The number of hydrogen-bond acceptors (Lipinski definition) is 14. The van der Waals surface area contributed by atoms with Crippen LogP contribution in [0.25, 0.3) is 21.8 Å². The van der Waals surface area contributed by atoms with Crippen molar-refractivity contribution in [1.82, 2.24) is 14.6 Å². The highest BCUT2D eigenvalue weighted by molar-refractivity contribution is 6.32. The first-order valence-corrected chi connectivity index (χ1v) is 16.4. The second-order valence-corrected chi connectivity index (χ2v) is 13.3. The molecule has 0 radical (unpaired) electrons. The number of imide groups is 1. The quantitative estimate of drug-likeness (QED) is 0.116. The number of aliphatic hydroxyl groups is 7. The lowest BCUT2D eigenvalue weighted by Gasteiger charge is -2.41. The topological polar surface area (TPSA) is 248 Å². The molecular weight excluding hydrogens is 656 g/mol. The van der Waals surface area contributed by atoms with E-state index < -0.39 is 67.9 Å². The van der Waals surface area contributed by atoms with Gasteiger partial charge >= 0.3 is 0 Å². The van der Waals surface area contributed by atoms with Gasteiger partial charge in [0.25, 0.3) is 11.8 Å². The maximum Gasteiger partial charge on any atom is 0.286 e. The fraction of sp³-hybridized carbons (Fsp3) is 0.441. The van der Waals surface area contributed by atoms with Gasteiger partial charge in [0.2, 0.25) is 0 Å². The maximum absolute atomic E-state index is 14.4. The van der Waals surface area contributed by atoms with Crippen LogP contribution in [-0.2, 0) is 16.2 Å². The van der Waals surface area contributed by atoms with Gasteiger partial charge in [-0.2, -0.15) is 0 Å². The van der Waals surface area contributed by atoms with Crippen LogP contribution in [0, 0.1) is 0 Å². The summed E-state index contributed by atoms with van der Waals surface area (Å²) in [5, 5.41) is 88.0. The first-order chi connectivity index (χ1) is 24.0. The molecule has 3 aliphatic heterocycles. The van der Waals surface area contributed by atoms with Gasteiger partial charge in [0, 0.05) is 28.8 Å². The fourth-order valence-electron chi connectivity index (χ4n) is 8.06. The van der Waals surface area contributed by atoms with E-state index in [1.165, 1.54) is 22.8 Å². The van der Waals surface area contributed by atoms with Gasteiger partial charge in [0.1, 0.15) is 42.9 Å². The Morgan fingerprint density at radius 3 is 2.54 bits per heavy atom. The molecule has 2 aromatic heterocycles. The minimum absolute atomic E-state index is 0.00812. The molecule has 50 heavy (non-hydrogen) atoms. The van der Waals surface area contributed by atoms with Crippen molar-refractivity contribution in [3.8, 4) is 5.75 Å². The molecule has 8 rings (SSSR count). The van der Waals surface area contributed by atoms with E-state index in [0.717, 1.165) is 0 Å². The Morgan fingerprint density at radius 2 is 1.78 bits per heavy atom. The first kappa shape index (κ1) is 32.9. The number of hydroxylamine groups is 2. The number of aliphatic hydroxyl groups excluding tert-OH is 7. The fourth-order valence-corrected chi connectivity index (χ4v) is 8.06. The van der Waals surface area contributed by atoms with Crippen LogP contribution in [0.5, 0.6) is 5.75 Å². The number of pyridine rings is 1. The van der Waals surface area contributed by atoms with Crippen LogP contribution in [0.3, 0.4) is 0 Å². The highest BCUT2D eigenvalue weighted by atomic mass is 16.7. The summed E-state index contributed by atoms with van der Waals surface area (Å²) in [4.78, 5) is 38.8. The number of phenols is 1. The molecule has 2 amide bonds. The molecular formula is C34H36N4O12. The lowest BCUT2D eigenvalue weighted by molar-refractivity contribution is -0.249. The molecule has 16 nitrogen and oxygen atoms in total. The van der Waals surface area contributed by atoms with E-state index in [9.17, 15) is 50.4 Å². The second kappa shape index (κ2) is 12.2. The number of benzene rings is 2. The van der Waals surface area contributed by atoms with Gasteiger partial charge in [-0.1, -0.05) is 6.07 Å². The Morgan fingerprint density at radius 1 is 1.00 bits per heavy atom. The van der Waals surface area contributed by atoms with Crippen molar-refractivity contribution in [2.24, 2.45) is 0 Å². The number of rotatable bonds is 7. The number of aromatic hydroxyl groups is 1. The Labute approximate surface area is 283 Å². The summed E-state index contributed by atoms with van der Waals surface area (Å²) < 4.78 is 7.51. The highest BCUT2D eigenvalue weighted by Crippen LogP contribution is 2.54. The van der Waals surface area contributed by atoms with Crippen molar-refractivity contribution in [2.45, 2.75) is 80.7 Å². The lowest BCUT2D eigenvalue weighted by atomic mass is 9.79. The molecule has 0 spiro atoms. The van der Waals surface area contributed by atoms with E-state index in [-0.39, 0.29) is 57.7 Å². The van der Waals surface area contributed by atoms with Crippen LogP contribution >= 0.6 is 0 Å². The number of anilines is 1. The Balaban J connectivity index is 1.33. The van der Waals surface area contributed by atoms with Gasteiger partial charge in [-0.3, -0.25) is 19.4 Å². The van der Waals surface area contributed by atoms with Crippen LogP contribution in [0.2, 0.25) is 0 Å². The summed E-state index contributed by atoms with van der Waals surface area (Å²) in [7, 11) is 0. The third-order valence-electron chi connectivity index (χ3n) is 10.4. The van der Waals surface area contributed by atoms with E-state index >= 15 is 0 Å². The van der Waals surface area contributed by atoms with Crippen molar-refractivity contribution in [3.05, 3.63) is 64.5 Å². The zero-order chi connectivity index (χ0) is 35.2. The number of amides is 2. The standard InChI is InChI=1S/C34H36N4O12/c39-10-21(43)18-3-1-2-13(35-18)12-49-38-32(47)25-23-16-6-4-14(41)8-19(16)36-27(23)28-24(26(25)33(38)48)17-7-5-15(42)9-20(17)37(28)34-31(46)30(45)29(44)22(11-40)50-34/h1-3,5,7,9,14,16,19,21-22,29-31,34,36,39-46H,4,6,8,10-12H2/t14?,16-,19?,21?,22?,29?,30?,31?,34?/m0/s1. The molecule has 1 aliphatic carbocycles. The average Bonchev–Trinajstić information content (AvgIpc) is 3.72. The van der Waals surface area contributed by atoms with Crippen LogP contribution < -0.4 is 5.32 Å². The van der Waals surface area contributed by atoms with Crippen LogP contribution in [0.15, 0.2) is 36.4 Å². The molecule has 5 heterocycles. The summed E-state index contributed by atoms with van der Waals surface area (Å²) >= 11 is 0. The van der Waals surface area contributed by atoms with E-state index in [0.29, 0.717) is 46.5 Å². The molecule has 4 aromatic rings. The zero-order valence-corrected chi connectivity index (χ0v) is 26.5. The molecule has 8 unspecified atom stereocenters. The minimum atomic E-state index is -1.73. The summed E-state index contributed by atoms with van der Waals surface area (Å²) in [5.41, 5.74) is 2.09. The summed E-state index contributed by atoms with van der Waals surface area (Å²) in [5.74, 6) is -1.99. The van der Waals surface area contributed by atoms with Crippen molar-refractivity contribution in [1.29, 1.82) is 0 Å². The third kappa shape index (κ3) is 4.83. The Bertz CT molecular complexity index is 2030. The number of fused-ring (bicyclic) bond motifs is 10. The van der Waals surface area contributed by atoms with Crippen molar-refractivity contribution in [3.63, 3.8) is 0 Å². The van der Waals surface area contributed by atoms with E-state index in [4.69, 9.17) is 9.57 Å². The van der Waals surface area contributed by atoms with Gasteiger partial charge in [0.15, 0.2) is 6.23 Å².